The molecule has 1 aromatic carbocycles. The predicted octanol–water partition coefficient (Wildman–Crippen LogP) is 3.51. The Balaban J connectivity index is 2.26. The number of rotatable bonds is 2. The number of aryl methyl sites for hydroxylation is 3. The summed E-state index contributed by atoms with van der Waals surface area (Å²) in [5.74, 6) is 0.638. The second-order valence-corrected chi connectivity index (χ2v) is 4.48. The van der Waals surface area contributed by atoms with E-state index in [1.807, 2.05) is 19.1 Å². The van der Waals surface area contributed by atoms with Gasteiger partial charge in [-0.2, -0.15) is 0 Å². The van der Waals surface area contributed by atoms with E-state index in [9.17, 15) is 4.79 Å². The number of hydrogen-bond donors (Lipinski definition) is 1. The third-order valence-corrected chi connectivity index (χ3v) is 2.82. The fraction of sp³-hybridized carbons (Fsp3) is 0.231. The molecule has 94 valence electrons. The number of hydrogen-bond acceptors (Lipinski definition) is 3. The zero-order chi connectivity index (χ0) is 13.3. The Morgan fingerprint density at radius 2 is 2.06 bits per heavy atom. The third kappa shape index (κ3) is 2.54. The van der Waals surface area contributed by atoms with Gasteiger partial charge in [0.05, 0.1) is 10.7 Å². The van der Waals surface area contributed by atoms with Crippen LogP contribution in [0.1, 0.15) is 27.7 Å². The maximum Gasteiger partial charge on any atom is 0.277 e. The van der Waals surface area contributed by atoms with E-state index in [2.05, 4.69) is 10.3 Å². The summed E-state index contributed by atoms with van der Waals surface area (Å²) in [6, 6.07) is 5.43. The fourth-order valence-corrected chi connectivity index (χ4v) is 1.82. The predicted molar refractivity (Wildman–Crippen MR) is 70.1 cm³/mol. The van der Waals surface area contributed by atoms with Crippen LogP contribution in [0.25, 0.3) is 0 Å². The van der Waals surface area contributed by atoms with Crippen LogP contribution in [0.4, 0.5) is 5.69 Å². The smallest absolute Gasteiger partial charge is 0.277 e. The molecule has 1 amide bonds. The first-order chi connectivity index (χ1) is 8.47. The second kappa shape index (κ2) is 4.82. The summed E-state index contributed by atoms with van der Waals surface area (Å²) in [4.78, 5) is 16.1. The molecular formula is C13H13ClN2O2. The van der Waals surface area contributed by atoms with E-state index >= 15 is 0 Å². The Hall–Kier alpha value is -1.81. The number of anilines is 1. The van der Waals surface area contributed by atoms with Crippen molar-refractivity contribution < 1.29 is 9.21 Å². The molecule has 0 spiro atoms. The van der Waals surface area contributed by atoms with Crippen molar-refractivity contribution in [3.63, 3.8) is 0 Å². The molecule has 1 heterocycles. The van der Waals surface area contributed by atoms with E-state index in [1.54, 1.807) is 19.9 Å². The molecule has 0 fully saturated rings. The van der Waals surface area contributed by atoms with Gasteiger partial charge in [0.15, 0.2) is 11.6 Å². The Labute approximate surface area is 110 Å². The first kappa shape index (κ1) is 12.6. The number of carbonyl (C=O) groups excluding carboxylic acids is 1. The van der Waals surface area contributed by atoms with Gasteiger partial charge < -0.3 is 9.73 Å². The van der Waals surface area contributed by atoms with E-state index in [-0.39, 0.29) is 11.6 Å². The average molecular weight is 265 g/mol. The SMILES string of the molecule is Cc1ccc(Cl)c(NC(=O)c2nc(C)oc2C)c1. The number of amides is 1. The number of oxazole rings is 1. The lowest BCUT2D eigenvalue weighted by molar-refractivity contribution is 0.102. The van der Waals surface area contributed by atoms with Crippen LogP contribution < -0.4 is 5.32 Å². The summed E-state index contributed by atoms with van der Waals surface area (Å²) in [6.45, 7) is 5.33. The molecule has 0 radical (unpaired) electrons. The van der Waals surface area contributed by atoms with Crippen LogP contribution in [-0.4, -0.2) is 10.9 Å². The maximum absolute atomic E-state index is 12.0. The standard InChI is InChI=1S/C13H13ClN2O2/c1-7-4-5-10(14)11(6-7)16-13(17)12-8(2)18-9(3)15-12/h4-6H,1-3H3,(H,16,17). The molecule has 18 heavy (non-hydrogen) atoms. The monoisotopic (exact) mass is 264 g/mol. The summed E-state index contributed by atoms with van der Waals surface area (Å²) in [7, 11) is 0. The molecular weight excluding hydrogens is 252 g/mol. The van der Waals surface area contributed by atoms with Crippen LogP contribution in [0.15, 0.2) is 22.6 Å². The fourth-order valence-electron chi connectivity index (χ4n) is 1.66. The van der Waals surface area contributed by atoms with Crippen LogP contribution in [0.5, 0.6) is 0 Å². The minimum Gasteiger partial charge on any atom is -0.445 e. The lowest BCUT2D eigenvalue weighted by atomic mass is 10.2. The van der Waals surface area contributed by atoms with Crippen LogP contribution >= 0.6 is 11.6 Å². The lowest BCUT2D eigenvalue weighted by Crippen LogP contribution is -2.14. The quantitative estimate of drug-likeness (QED) is 0.903. The van der Waals surface area contributed by atoms with Gasteiger partial charge in [0.25, 0.3) is 5.91 Å². The Bertz CT molecular complexity index is 605. The second-order valence-electron chi connectivity index (χ2n) is 4.08. The molecule has 0 unspecified atom stereocenters. The Kier molecular flexibility index (Phi) is 3.39. The molecule has 0 saturated heterocycles. The number of nitrogens with one attached hydrogen (secondary N) is 1. The number of aromatic nitrogens is 1. The van der Waals surface area contributed by atoms with Crippen molar-refractivity contribution in [2.75, 3.05) is 5.32 Å². The average Bonchev–Trinajstić information content (AvgIpc) is 2.63. The molecule has 0 aliphatic carbocycles. The minimum atomic E-state index is -0.322. The van der Waals surface area contributed by atoms with Gasteiger partial charge in [-0.1, -0.05) is 17.7 Å². The van der Waals surface area contributed by atoms with Gasteiger partial charge in [-0.05, 0) is 31.5 Å². The molecule has 1 aromatic heterocycles. The van der Waals surface area contributed by atoms with Gasteiger partial charge in [0.1, 0.15) is 5.76 Å². The lowest BCUT2D eigenvalue weighted by Gasteiger charge is -2.06. The van der Waals surface area contributed by atoms with Gasteiger partial charge in [0.2, 0.25) is 0 Å². The highest BCUT2D eigenvalue weighted by molar-refractivity contribution is 6.33. The molecule has 0 saturated carbocycles. The topological polar surface area (TPSA) is 55.1 Å². The molecule has 4 nitrogen and oxygen atoms in total. The van der Waals surface area contributed by atoms with Crippen molar-refractivity contribution in [2.24, 2.45) is 0 Å². The zero-order valence-corrected chi connectivity index (χ0v) is 11.1. The normalized spacial score (nSPS) is 10.4. The molecule has 2 rings (SSSR count). The van der Waals surface area contributed by atoms with Crippen molar-refractivity contribution in [3.8, 4) is 0 Å². The zero-order valence-electron chi connectivity index (χ0n) is 10.4. The van der Waals surface area contributed by atoms with Crippen LogP contribution in [0, 0.1) is 20.8 Å². The summed E-state index contributed by atoms with van der Waals surface area (Å²) in [6.07, 6.45) is 0. The molecule has 0 atom stereocenters. The van der Waals surface area contributed by atoms with E-state index in [0.717, 1.165) is 5.56 Å². The summed E-state index contributed by atoms with van der Waals surface area (Å²) in [5.41, 5.74) is 1.87. The van der Waals surface area contributed by atoms with Gasteiger partial charge in [-0.25, -0.2) is 4.98 Å². The number of carbonyl (C=O) groups is 1. The van der Waals surface area contributed by atoms with Gasteiger partial charge in [-0.3, -0.25) is 4.79 Å². The molecule has 1 N–H and O–H groups in total. The van der Waals surface area contributed by atoms with Crippen molar-refractivity contribution in [3.05, 3.63) is 46.1 Å². The van der Waals surface area contributed by atoms with E-state index < -0.39 is 0 Å². The number of halogens is 1. The minimum absolute atomic E-state index is 0.282. The Morgan fingerprint density at radius 1 is 1.33 bits per heavy atom. The number of benzene rings is 1. The summed E-state index contributed by atoms with van der Waals surface area (Å²) < 4.78 is 5.22. The van der Waals surface area contributed by atoms with Crippen LogP contribution in [0.2, 0.25) is 5.02 Å². The molecule has 5 heteroatoms. The van der Waals surface area contributed by atoms with Crippen molar-refractivity contribution >= 4 is 23.2 Å². The highest BCUT2D eigenvalue weighted by atomic mass is 35.5. The van der Waals surface area contributed by atoms with Crippen LogP contribution in [0.3, 0.4) is 0 Å². The first-order valence-corrected chi connectivity index (χ1v) is 5.86. The largest absolute Gasteiger partial charge is 0.445 e. The summed E-state index contributed by atoms with van der Waals surface area (Å²) >= 11 is 6.01. The highest BCUT2D eigenvalue weighted by Gasteiger charge is 2.16. The van der Waals surface area contributed by atoms with Crippen LogP contribution in [-0.2, 0) is 0 Å². The van der Waals surface area contributed by atoms with Crippen molar-refractivity contribution in [1.82, 2.24) is 4.98 Å². The molecule has 0 aliphatic heterocycles. The van der Waals surface area contributed by atoms with Gasteiger partial charge in [-0.15, -0.1) is 0 Å². The third-order valence-electron chi connectivity index (χ3n) is 2.49. The van der Waals surface area contributed by atoms with E-state index in [4.69, 9.17) is 16.0 Å². The number of nitrogens with zero attached hydrogens (tertiary/aromatic N) is 1. The first-order valence-electron chi connectivity index (χ1n) is 5.49. The maximum atomic E-state index is 12.0. The van der Waals surface area contributed by atoms with E-state index in [1.165, 1.54) is 0 Å². The van der Waals surface area contributed by atoms with Crippen molar-refractivity contribution in [2.45, 2.75) is 20.8 Å². The molecule has 0 bridgehead atoms. The Morgan fingerprint density at radius 3 is 2.67 bits per heavy atom. The molecule has 0 aliphatic rings. The molecule has 2 aromatic rings. The summed E-state index contributed by atoms with van der Waals surface area (Å²) in [5, 5.41) is 3.22. The van der Waals surface area contributed by atoms with E-state index in [0.29, 0.717) is 22.4 Å². The van der Waals surface area contributed by atoms with Gasteiger partial charge >= 0.3 is 0 Å². The van der Waals surface area contributed by atoms with Gasteiger partial charge in [0, 0.05) is 6.92 Å². The highest BCUT2D eigenvalue weighted by Crippen LogP contribution is 2.23. The van der Waals surface area contributed by atoms with Crippen molar-refractivity contribution in [1.29, 1.82) is 0 Å².